The summed E-state index contributed by atoms with van der Waals surface area (Å²) in [5.74, 6) is 0. The highest BCUT2D eigenvalue weighted by Crippen LogP contribution is 2.25. The number of hydrogen-bond donors (Lipinski definition) is 1. The van der Waals surface area contributed by atoms with Gasteiger partial charge in [0.15, 0.2) is 0 Å². The van der Waals surface area contributed by atoms with E-state index in [9.17, 15) is 10.1 Å². The van der Waals surface area contributed by atoms with Crippen LogP contribution in [0.15, 0.2) is 18.2 Å². The van der Waals surface area contributed by atoms with Crippen molar-refractivity contribution >= 4 is 17.5 Å². The van der Waals surface area contributed by atoms with Gasteiger partial charge in [0.25, 0.3) is 5.69 Å². The first kappa shape index (κ1) is 10.7. The van der Waals surface area contributed by atoms with Gasteiger partial charge < -0.3 is 5.73 Å². The van der Waals surface area contributed by atoms with Crippen LogP contribution < -0.4 is 5.73 Å². The molecular formula is C10H9N3O2. The summed E-state index contributed by atoms with van der Waals surface area (Å²) in [5.41, 5.74) is 7.01. The second-order valence-corrected chi connectivity index (χ2v) is 2.99. The summed E-state index contributed by atoms with van der Waals surface area (Å²) in [5, 5.41) is 18.9. The first-order chi connectivity index (χ1) is 7.06. The van der Waals surface area contributed by atoms with Gasteiger partial charge in [-0.3, -0.25) is 10.1 Å². The lowest BCUT2D eigenvalue weighted by molar-refractivity contribution is -0.385. The molecule has 0 heterocycles. The largest absolute Gasteiger partial charge is 0.398 e. The summed E-state index contributed by atoms with van der Waals surface area (Å²) in [6.07, 6.45) is 2.79. The number of anilines is 1. The lowest BCUT2D eigenvalue weighted by Crippen LogP contribution is -1.96. The number of aryl methyl sites for hydroxylation is 1. The number of rotatable bonds is 2. The van der Waals surface area contributed by atoms with Crippen molar-refractivity contribution in [2.24, 2.45) is 0 Å². The van der Waals surface area contributed by atoms with E-state index in [0.717, 1.165) is 0 Å². The lowest BCUT2D eigenvalue weighted by atomic mass is 10.1. The van der Waals surface area contributed by atoms with Crippen molar-refractivity contribution in [1.29, 1.82) is 5.26 Å². The highest BCUT2D eigenvalue weighted by Gasteiger charge is 2.12. The van der Waals surface area contributed by atoms with Crippen molar-refractivity contribution in [2.45, 2.75) is 6.92 Å². The van der Waals surface area contributed by atoms with Gasteiger partial charge in [-0.15, -0.1) is 0 Å². The smallest absolute Gasteiger partial charge is 0.274 e. The van der Waals surface area contributed by atoms with Crippen LogP contribution in [0.5, 0.6) is 0 Å². The molecule has 0 spiro atoms. The van der Waals surface area contributed by atoms with Crippen LogP contribution in [-0.4, -0.2) is 4.92 Å². The Balaban J connectivity index is 3.26. The van der Waals surface area contributed by atoms with Gasteiger partial charge in [-0.1, -0.05) is 0 Å². The van der Waals surface area contributed by atoms with E-state index in [1.165, 1.54) is 18.2 Å². The van der Waals surface area contributed by atoms with Crippen LogP contribution in [0, 0.1) is 28.4 Å². The maximum Gasteiger partial charge on any atom is 0.274 e. The monoisotopic (exact) mass is 203 g/mol. The molecule has 0 bridgehead atoms. The molecule has 76 valence electrons. The number of nitrogen functional groups attached to an aromatic ring is 1. The fourth-order valence-electron chi connectivity index (χ4n) is 1.20. The van der Waals surface area contributed by atoms with Crippen LogP contribution >= 0.6 is 0 Å². The van der Waals surface area contributed by atoms with Gasteiger partial charge in [-0.2, -0.15) is 5.26 Å². The average molecular weight is 203 g/mol. The van der Waals surface area contributed by atoms with Crippen LogP contribution in [0.1, 0.15) is 11.1 Å². The quantitative estimate of drug-likeness (QED) is 0.344. The molecule has 0 unspecified atom stereocenters. The maximum atomic E-state index is 10.6. The number of benzene rings is 1. The van der Waals surface area contributed by atoms with Crippen LogP contribution in [0.4, 0.5) is 11.4 Å². The Morgan fingerprint density at radius 3 is 2.80 bits per heavy atom. The van der Waals surface area contributed by atoms with Crippen molar-refractivity contribution < 1.29 is 4.92 Å². The first-order valence-electron chi connectivity index (χ1n) is 4.17. The highest BCUT2D eigenvalue weighted by molar-refractivity contribution is 5.70. The Morgan fingerprint density at radius 1 is 1.60 bits per heavy atom. The van der Waals surface area contributed by atoms with Gasteiger partial charge in [0, 0.05) is 23.4 Å². The summed E-state index contributed by atoms with van der Waals surface area (Å²) < 4.78 is 0. The average Bonchev–Trinajstić information content (AvgIpc) is 2.18. The van der Waals surface area contributed by atoms with Crippen LogP contribution in [0.3, 0.4) is 0 Å². The van der Waals surface area contributed by atoms with E-state index >= 15 is 0 Å². The van der Waals surface area contributed by atoms with Gasteiger partial charge in [0.1, 0.15) is 0 Å². The van der Waals surface area contributed by atoms with Crippen molar-refractivity contribution in [3.05, 3.63) is 39.4 Å². The van der Waals surface area contributed by atoms with E-state index in [1.54, 1.807) is 13.0 Å². The molecule has 5 heteroatoms. The predicted octanol–water partition coefficient (Wildman–Crippen LogP) is 2.02. The summed E-state index contributed by atoms with van der Waals surface area (Å²) in [7, 11) is 0. The van der Waals surface area contributed by atoms with Gasteiger partial charge in [0.2, 0.25) is 0 Å². The lowest BCUT2D eigenvalue weighted by Gasteiger charge is -2.02. The third-order valence-electron chi connectivity index (χ3n) is 1.94. The first-order valence-corrected chi connectivity index (χ1v) is 4.17. The van der Waals surface area contributed by atoms with Crippen molar-refractivity contribution in [1.82, 2.24) is 0 Å². The van der Waals surface area contributed by atoms with E-state index < -0.39 is 4.92 Å². The Bertz CT molecular complexity index is 472. The minimum Gasteiger partial charge on any atom is -0.398 e. The zero-order valence-electron chi connectivity index (χ0n) is 8.10. The number of nitro benzene ring substituents is 1. The Morgan fingerprint density at radius 2 is 2.27 bits per heavy atom. The van der Waals surface area contributed by atoms with Gasteiger partial charge in [-0.05, 0) is 24.6 Å². The minimum absolute atomic E-state index is 0.0124. The highest BCUT2D eigenvalue weighted by atomic mass is 16.6. The number of nitriles is 1. The maximum absolute atomic E-state index is 10.6. The van der Waals surface area contributed by atoms with Gasteiger partial charge in [-0.25, -0.2) is 0 Å². The molecule has 1 aromatic carbocycles. The Labute approximate surface area is 86.6 Å². The number of nitrogens with zero attached hydrogens (tertiary/aromatic N) is 2. The van der Waals surface area contributed by atoms with Crippen LogP contribution in [-0.2, 0) is 0 Å². The molecule has 0 aromatic heterocycles. The van der Waals surface area contributed by atoms with Crippen molar-refractivity contribution in [3.8, 4) is 6.07 Å². The number of hydrogen-bond acceptors (Lipinski definition) is 4. The normalized spacial score (nSPS) is 10.1. The van der Waals surface area contributed by atoms with E-state index in [1.807, 2.05) is 6.07 Å². The van der Waals surface area contributed by atoms with Crippen molar-refractivity contribution in [3.63, 3.8) is 0 Å². The predicted molar refractivity (Wildman–Crippen MR) is 56.9 cm³/mol. The van der Waals surface area contributed by atoms with Gasteiger partial charge in [0.05, 0.1) is 11.0 Å². The number of nitro groups is 1. The Kier molecular flexibility index (Phi) is 3.03. The molecule has 1 aromatic rings. The SMILES string of the molecule is Cc1cc(C=CC#N)c(N)cc1[N+](=O)[O-]. The number of allylic oxidation sites excluding steroid dienone is 1. The summed E-state index contributed by atoms with van der Waals surface area (Å²) in [6.45, 7) is 1.63. The van der Waals surface area contributed by atoms with E-state index in [0.29, 0.717) is 16.8 Å². The zero-order valence-corrected chi connectivity index (χ0v) is 8.10. The van der Waals surface area contributed by atoms with Gasteiger partial charge >= 0.3 is 0 Å². The molecule has 0 aliphatic rings. The van der Waals surface area contributed by atoms with E-state index in [2.05, 4.69) is 0 Å². The van der Waals surface area contributed by atoms with Crippen LogP contribution in [0.2, 0.25) is 0 Å². The topological polar surface area (TPSA) is 93.0 Å². The summed E-state index contributed by atoms with van der Waals surface area (Å²) >= 11 is 0. The number of nitrogens with two attached hydrogens (primary N) is 1. The molecule has 5 nitrogen and oxygen atoms in total. The Hall–Kier alpha value is -2.35. The molecular weight excluding hydrogens is 194 g/mol. The molecule has 0 atom stereocenters. The van der Waals surface area contributed by atoms with Crippen LogP contribution in [0.25, 0.3) is 6.08 Å². The molecule has 2 N–H and O–H groups in total. The summed E-state index contributed by atoms with van der Waals surface area (Å²) in [4.78, 5) is 10.1. The minimum atomic E-state index is -0.483. The molecule has 0 fully saturated rings. The second-order valence-electron chi connectivity index (χ2n) is 2.99. The van der Waals surface area contributed by atoms with E-state index in [-0.39, 0.29) is 5.69 Å². The molecule has 1 rings (SSSR count). The zero-order chi connectivity index (χ0) is 11.4. The third kappa shape index (κ3) is 2.31. The standard InChI is InChI=1S/C10H9N3O2/c1-7-5-8(3-2-4-11)9(12)6-10(7)13(14)15/h2-3,5-6H,12H2,1H3. The molecule has 0 saturated heterocycles. The molecule has 0 amide bonds. The third-order valence-corrected chi connectivity index (χ3v) is 1.94. The molecule has 0 aliphatic carbocycles. The molecule has 0 radical (unpaired) electrons. The fourth-order valence-corrected chi connectivity index (χ4v) is 1.20. The fraction of sp³-hybridized carbons (Fsp3) is 0.100. The second kappa shape index (κ2) is 4.24. The van der Waals surface area contributed by atoms with E-state index in [4.69, 9.17) is 11.0 Å². The van der Waals surface area contributed by atoms with Crippen molar-refractivity contribution in [2.75, 3.05) is 5.73 Å². The molecule has 0 saturated carbocycles. The molecule has 0 aliphatic heterocycles. The molecule has 15 heavy (non-hydrogen) atoms. The summed E-state index contributed by atoms with van der Waals surface area (Å²) in [6, 6.07) is 4.71.